The van der Waals surface area contributed by atoms with E-state index in [2.05, 4.69) is 413 Å². The van der Waals surface area contributed by atoms with Crippen LogP contribution < -0.4 is 0 Å². The molecular weight excluding hydrogens is 1460 g/mol. The van der Waals surface area contributed by atoms with Gasteiger partial charge in [-0.15, -0.1) is 0 Å². The molecule has 0 spiro atoms. The molecule has 0 aliphatic carbocycles. The van der Waals surface area contributed by atoms with Crippen LogP contribution in [0.15, 0.2) is 431 Å². The van der Waals surface area contributed by atoms with Crippen molar-refractivity contribution >= 4 is 109 Å². The Kier molecular flexibility index (Phi) is 16.7. The molecule has 24 aromatic rings. The van der Waals surface area contributed by atoms with Crippen LogP contribution in [0.2, 0.25) is 0 Å². The van der Waals surface area contributed by atoms with Gasteiger partial charge in [0.2, 0.25) is 0 Å². The van der Waals surface area contributed by atoms with Crippen molar-refractivity contribution in [1.82, 2.24) is 43.2 Å². The van der Waals surface area contributed by atoms with Gasteiger partial charge in [0.15, 0.2) is 23.3 Å². The van der Waals surface area contributed by atoms with Gasteiger partial charge in [-0.25, -0.2) is 24.9 Å². The zero-order chi connectivity index (χ0) is 79.1. The summed E-state index contributed by atoms with van der Waals surface area (Å²) in [5, 5.41) is 14.4. The summed E-state index contributed by atoms with van der Waals surface area (Å²) in [6.45, 7) is 0. The zero-order valence-corrected chi connectivity index (χ0v) is 65.0. The molecule has 0 fully saturated rings. The number of aromatic nitrogens is 9. The van der Waals surface area contributed by atoms with Crippen LogP contribution in [0.25, 0.3) is 222 Å². The maximum atomic E-state index is 5.27. The first-order valence-electron chi connectivity index (χ1n) is 40.7. The number of fused-ring (bicyclic) bond motifs is 16. The highest BCUT2D eigenvalue weighted by atomic mass is 15.0. The number of hydrogen-bond donors (Lipinski definition) is 0. The molecule has 0 aliphatic rings. The molecule has 18 aromatic carbocycles. The second-order valence-electron chi connectivity index (χ2n) is 30.6. The third-order valence-electron chi connectivity index (χ3n) is 23.7. The molecule has 0 unspecified atom stereocenters. The zero-order valence-electron chi connectivity index (χ0n) is 65.0. The van der Waals surface area contributed by atoms with Gasteiger partial charge in [-0.3, -0.25) is 0 Å². The van der Waals surface area contributed by atoms with Gasteiger partial charge in [0.05, 0.1) is 55.5 Å². The molecule has 6 aromatic heterocycles. The maximum Gasteiger partial charge on any atom is 0.164 e. The molecule has 0 atom stereocenters. The van der Waals surface area contributed by atoms with E-state index >= 15 is 0 Å². The predicted octanol–water partition coefficient (Wildman–Crippen LogP) is 28.4. The van der Waals surface area contributed by atoms with Gasteiger partial charge in [0, 0.05) is 99.2 Å². The molecule has 0 amide bonds. The number of nitrogens with zero attached hydrogens (tertiary/aromatic N) is 9. The smallest absolute Gasteiger partial charge is 0.164 e. The summed E-state index contributed by atoms with van der Waals surface area (Å²) in [7, 11) is 0. The van der Waals surface area contributed by atoms with Gasteiger partial charge in [-0.1, -0.05) is 328 Å². The first-order chi connectivity index (χ1) is 59.5. The van der Waals surface area contributed by atoms with Crippen LogP contribution in [-0.4, -0.2) is 43.2 Å². The lowest BCUT2D eigenvalue weighted by molar-refractivity contribution is 1.08. The Morgan fingerprint density at radius 2 is 0.425 bits per heavy atom. The monoisotopic (exact) mass is 1530 g/mol. The fraction of sp³-hybridized carbons (Fsp3) is 0. The summed E-state index contributed by atoms with van der Waals surface area (Å²) in [5.74, 6) is 2.61. The van der Waals surface area contributed by atoms with E-state index in [0.29, 0.717) is 23.3 Å². The Bertz CT molecular complexity index is 7620. The minimum absolute atomic E-state index is 0.636. The molecule has 0 bridgehead atoms. The van der Waals surface area contributed by atoms with Crippen molar-refractivity contribution in [3.05, 3.63) is 431 Å². The predicted molar refractivity (Wildman–Crippen MR) is 498 cm³/mol. The van der Waals surface area contributed by atoms with Crippen LogP contribution in [0, 0.1) is 0 Å². The van der Waals surface area contributed by atoms with E-state index in [1.807, 2.05) is 36.4 Å². The van der Waals surface area contributed by atoms with Crippen molar-refractivity contribution in [3.8, 4) is 113 Å². The number of hydrogen-bond acceptors (Lipinski definition) is 5. The van der Waals surface area contributed by atoms with Gasteiger partial charge in [-0.2, -0.15) is 0 Å². The standard InChI is InChI=1S/C56H36N4.C55H35N5/c1-4-15-37(16-5-1)38-27-29-40(30-28-38)49-36-48(39-17-6-2-7-18-39)57-56(58-49)45-24-14-19-41-35-43(31-32-44(41)45)60-51-26-13-11-23-47(51)55-53(60)34-33-52-54(55)46-22-10-12-25-50(46)59(52)42-20-8-3-9-21-42;1-4-15-36(16-5-1)37-27-29-39(30-28-37)54-56-53(38-17-6-2-7-18-38)57-55(58-54)44-24-14-19-40-35-42(31-32-43(40)44)60-48-26-13-11-23-46(48)52-50(60)34-33-49-51(52)45-22-10-12-25-47(45)59(49)41-20-8-3-9-21-41/h1-36H;1-35H. The van der Waals surface area contributed by atoms with Crippen LogP contribution in [-0.2, 0) is 0 Å². The van der Waals surface area contributed by atoms with Crippen molar-refractivity contribution in [2.24, 2.45) is 0 Å². The van der Waals surface area contributed by atoms with Gasteiger partial charge in [0.1, 0.15) is 0 Å². The molecule has 560 valence electrons. The van der Waals surface area contributed by atoms with Crippen molar-refractivity contribution in [2.45, 2.75) is 0 Å². The lowest BCUT2D eigenvalue weighted by Gasteiger charge is -2.13. The minimum Gasteiger partial charge on any atom is -0.309 e. The Morgan fingerprint density at radius 1 is 0.150 bits per heavy atom. The molecule has 0 aliphatic heterocycles. The topological polar surface area (TPSA) is 84.2 Å². The van der Waals surface area contributed by atoms with Crippen molar-refractivity contribution in [2.75, 3.05) is 0 Å². The van der Waals surface area contributed by atoms with Crippen molar-refractivity contribution in [3.63, 3.8) is 0 Å². The fourth-order valence-corrected chi connectivity index (χ4v) is 18.2. The molecule has 0 saturated carbocycles. The lowest BCUT2D eigenvalue weighted by Crippen LogP contribution is -2.01. The second kappa shape index (κ2) is 28.9. The minimum atomic E-state index is 0.636. The quantitative estimate of drug-likeness (QED) is 0.122. The first kappa shape index (κ1) is 69.3. The lowest BCUT2D eigenvalue weighted by atomic mass is 10.0. The summed E-state index contributed by atoms with van der Waals surface area (Å²) < 4.78 is 9.63. The molecule has 9 heteroatoms. The van der Waals surface area contributed by atoms with Gasteiger partial charge in [-0.05, 0) is 147 Å². The fourth-order valence-electron chi connectivity index (χ4n) is 18.2. The van der Waals surface area contributed by atoms with E-state index in [0.717, 1.165) is 94.6 Å². The molecular formula is C111H71N9. The third kappa shape index (κ3) is 11.8. The van der Waals surface area contributed by atoms with Crippen LogP contribution in [0.5, 0.6) is 0 Å². The first-order valence-corrected chi connectivity index (χ1v) is 40.7. The summed E-state index contributed by atoms with van der Waals surface area (Å²) in [5.41, 5.74) is 26.4. The molecule has 9 nitrogen and oxygen atoms in total. The van der Waals surface area contributed by atoms with Gasteiger partial charge < -0.3 is 18.3 Å². The van der Waals surface area contributed by atoms with E-state index in [4.69, 9.17) is 24.9 Å². The molecule has 0 saturated heterocycles. The SMILES string of the molecule is c1ccc(-c2ccc(-c3cc(-c4ccccc4)nc(-c4cccc5cc(-n6c7ccccc7c7c8c9ccccc9n(-c9ccccc9)c8ccc76)ccc45)n3)cc2)cc1.c1ccc(-c2ccc(-c3nc(-c4ccccc4)nc(-c4cccc5cc(-n6c7ccccc7c7c8c9ccccc9n(-c9ccccc9)c8ccc76)ccc45)n3)cc2)cc1. The number of para-hydroxylation sites is 6. The largest absolute Gasteiger partial charge is 0.309 e. The van der Waals surface area contributed by atoms with Crippen LogP contribution in [0.1, 0.15) is 0 Å². The molecule has 6 heterocycles. The van der Waals surface area contributed by atoms with Gasteiger partial charge >= 0.3 is 0 Å². The van der Waals surface area contributed by atoms with E-state index < -0.39 is 0 Å². The van der Waals surface area contributed by atoms with E-state index in [-0.39, 0.29) is 0 Å². The molecule has 0 N–H and O–H groups in total. The van der Waals surface area contributed by atoms with E-state index in [1.165, 1.54) is 104 Å². The highest BCUT2D eigenvalue weighted by molar-refractivity contribution is 6.30. The van der Waals surface area contributed by atoms with Crippen LogP contribution >= 0.6 is 0 Å². The summed E-state index contributed by atoms with van der Waals surface area (Å²) in [6.07, 6.45) is 0. The molecule has 120 heavy (non-hydrogen) atoms. The Hall–Kier alpha value is -16.2. The molecule has 24 rings (SSSR count). The summed E-state index contributed by atoms with van der Waals surface area (Å²) >= 11 is 0. The average molecular weight is 1530 g/mol. The Labute approximate surface area is 691 Å². The van der Waals surface area contributed by atoms with Crippen LogP contribution in [0.3, 0.4) is 0 Å². The number of rotatable bonds is 12. The number of benzene rings is 18. The highest BCUT2D eigenvalue weighted by Gasteiger charge is 2.25. The average Bonchev–Trinajstić information content (AvgIpc) is 1.55. The highest BCUT2D eigenvalue weighted by Crippen LogP contribution is 2.46. The summed E-state index contributed by atoms with van der Waals surface area (Å²) in [4.78, 5) is 25.8. The maximum absolute atomic E-state index is 5.27. The Balaban J connectivity index is 0.000000140. The Morgan fingerprint density at radius 3 is 0.808 bits per heavy atom. The summed E-state index contributed by atoms with van der Waals surface area (Å²) in [6, 6.07) is 153. The van der Waals surface area contributed by atoms with Crippen molar-refractivity contribution in [1.29, 1.82) is 0 Å². The second-order valence-corrected chi connectivity index (χ2v) is 30.6. The molecule has 0 radical (unpaired) electrons. The van der Waals surface area contributed by atoms with E-state index in [1.54, 1.807) is 0 Å². The van der Waals surface area contributed by atoms with Crippen LogP contribution in [0.4, 0.5) is 0 Å². The van der Waals surface area contributed by atoms with Gasteiger partial charge in [0.25, 0.3) is 0 Å². The normalized spacial score (nSPS) is 11.7. The van der Waals surface area contributed by atoms with E-state index in [9.17, 15) is 0 Å². The van der Waals surface area contributed by atoms with Crippen molar-refractivity contribution < 1.29 is 0 Å². The third-order valence-corrected chi connectivity index (χ3v) is 23.7.